The lowest BCUT2D eigenvalue weighted by Crippen LogP contribution is -2.36. The van der Waals surface area contributed by atoms with Crippen molar-refractivity contribution in [2.45, 2.75) is 46.1 Å². The van der Waals surface area contributed by atoms with Crippen LogP contribution in [0.3, 0.4) is 0 Å². The Morgan fingerprint density at radius 3 is 1.52 bits per heavy atom. The molecule has 0 spiro atoms. The molecule has 1 aliphatic heterocycles. The second kappa shape index (κ2) is 28.4. The monoisotopic (exact) mass is 1270 g/mol. The highest BCUT2D eigenvalue weighted by molar-refractivity contribution is 5.87. The molecule has 2 fully saturated rings. The Morgan fingerprint density at radius 2 is 0.989 bits per heavy atom. The third kappa shape index (κ3) is 14.3. The van der Waals surface area contributed by atoms with Crippen LogP contribution in [-0.4, -0.2) is 127 Å². The topological polar surface area (TPSA) is 240 Å². The molecule has 1 saturated carbocycles. The number of benzene rings is 6. The highest BCUT2D eigenvalue weighted by Gasteiger charge is 2.24. The molecule has 9 heterocycles. The van der Waals surface area contributed by atoms with Crippen LogP contribution in [0.2, 0.25) is 0 Å². The summed E-state index contributed by atoms with van der Waals surface area (Å²) >= 11 is 0. The third-order valence-electron chi connectivity index (χ3n) is 16.1. The molecule has 16 rings (SSSR count). The van der Waals surface area contributed by atoms with Crippen molar-refractivity contribution in [2.75, 3.05) is 79.8 Å². The van der Waals surface area contributed by atoms with Gasteiger partial charge in [-0.25, -0.2) is 39.9 Å². The summed E-state index contributed by atoms with van der Waals surface area (Å²) in [6.07, 6.45) is 26.0. The van der Waals surface area contributed by atoms with E-state index < -0.39 is 0 Å². The maximum Gasteiger partial charge on any atom is 0.180 e. The molecule has 1 saturated heterocycles. The van der Waals surface area contributed by atoms with Crippen LogP contribution in [0, 0.1) is 6.92 Å². The number of nitrogens with zero attached hydrogens (tertiary/aromatic N) is 13. The third-order valence-corrected chi connectivity index (χ3v) is 16.1. The number of nitrogens with one attached hydrogen (secondary N) is 4. The molecule has 0 atom stereocenters. The van der Waals surface area contributed by atoms with Gasteiger partial charge in [0.15, 0.2) is 68.9 Å². The molecule has 6 N–H and O–H groups in total. The molecule has 0 radical (unpaired) electrons. The molecule has 480 valence electrons. The molecule has 1 aliphatic carbocycles. The zero-order valence-electron chi connectivity index (χ0n) is 53.4. The van der Waals surface area contributed by atoms with Crippen LogP contribution in [0.25, 0.3) is 78.4 Å². The molecule has 6 aromatic carbocycles. The van der Waals surface area contributed by atoms with Gasteiger partial charge < -0.3 is 68.2 Å². The van der Waals surface area contributed by atoms with Gasteiger partial charge in [-0.3, -0.25) is 0 Å². The molecule has 14 aromatic rings. The lowest BCUT2D eigenvalue weighted by Gasteiger charge is -2.28. The van der Waals surface area contributed by atoms with Crippen LogP contribution in [-0.2, 0) is 4.74 Å². The van der Waals surface area contributed by atoms with Crippen molar-refractivity contribution in [1.29, 1.82) is 0 Å². The lowest BCUT2D eigenvalue weighted by atomic mass is 10.1. The number of anilines is 6. The van der Waals surface area contributed by atoms with E-state index in [1.807, 2.05) is 80.2 Å². The van der Waals surface area contributed by atoms with Gasteiger partial charge >= 0.3 is 0 Å². The average molecular weight is 1270 g/mol. The van der Waals surface area contributed by atoms with E-state index in [-0.39, 0.29) is 11.5 Å². The first-order chi connectivity index (χ1) is 46.6. The van der Waals surface area contributed by atoms with E-state index in [0.717, 1.165) is 142 Å². The van der Waals surface area contributed by atoms with Gasteiger partial charge in [0.1, 0.15) is 0 Å². The summed E-state index contributed by atoms with van der Waals surface area (Å²) < 4.78 is 23.7. The Balaban J connectivity index is 0.000000117. The van der Waals surface area contributed by atoms with Gasteiger partial charge in [0.25, 0.3) is 0 Å². The first kappa shape index (κ1) is 62.0. The van der Waals surface area contributed by atoms with Gasteiger partial charge in [-0.2, -0.15) is 0 Å². The molecule has 0 amide bonds. The summed E-state index contributed by atoms with van der Waals surface area (Å²) in [6, 6.07) is 42.5. The molecule has 22 nitrogen and oxygen atoms in total. The van der Waals surface area contributed by atoms with Gasteiger partial charge in [-0.15, -0.1) is 0 Å². The van der Waals surface area contributed by atoms with Crippen LogP contribution in [0.15, 0.2) is 202 Å². The minimum Gasteiger partial charge on any atom is -0.504 e. The highest BCUT2D eigenvalue weighted by atomic mass is 16.5. The van der Waals surface area contributed by atoms with Crippen LogP contribution in [0.5, 0.6) is 23.0 Å². The number of aryl methyl sites for hydroxylation is 1. The average Bonchev–Trinajstić information content (AvgIpc) is 1.78. The Kier molecular flexibility index (Phi) is 18.5. The number of aromatic nitrogens is 12. The summed E-state index contributed by atoms with van der Waals surface area (Å²) in [5.74, 6) is 4.18. The van der Waals surface area contributed by atoms with Gasteiger partial charge in [-0.1, -0.05) is 67.1 Å². The Bertz CT molecular complexity index is 4960. The van der Waals surface area contributed by atoms with Crippen molar-refractivity contribution in [3.05, 3.63) is 207 Å². The van der Waals surface area contributed by atoms with Crippen LogP contribution >= 0.6 is 0 Å². The number of hydrogen-bond acceptors (Lipinski definition) is 18. The summed E-state index contributed by atoms with van der Waals surface area (Å²) in [4.78, 5) is 38.8. The van der Waals surface area contributed by atoms with Gasteiger partial charge in [0.05, 0.1) is 50.2 Å². The van der Waals surface area contributed by atoms with Crippen LogP contribution in [0.4, 0.5) is 34.6 Å². The predicted octanol–water partition coefficient (Wildman–Crippen LogP) is 13.9. The van der Waals surface area contributed by atoms with Crippen LogP contribution in [0.1, 0.15) is 38.7 Å². The summed E-state index contributed by atoms with van der Waals surface area (Å²) in [7, 11) is 3.06. The van der Waals surface area contributed by atoms with Gasteiger partial charge in [0, 0.05) is 140 Å². The van der Waals surface area contributed by atoms with Crippen molar-refractivity contribution in [3.63, 3.8) is 0 Å². The lowest BCUT2D eigenvalue weighted by molar-refractivity contribution is 0.122. The number of morpholine rings is 1. The number of aromatic hydroxyl groups is 2. The first-order valence-corrected chi connectivity index (χ1v) is 31.7. The molecular formula is C73H73N17O5. The minimum absolute atomic E-state index is 0.108. The number of methoxy groups -OCH3 is 2. The van der Waals surface area contributed by atoms with E-state index in [1.54, 1.807) is 55.1 Å². The molecule has 95 heavy (non-hydrogen) atoms. The Hall–Kier alpha value is -11.8. The number of rotatable bonds is 16. The van der Waals surface area contributed by atoms with E-state index >= 15 is 0 Å². The number of ether oxygens (including phenoxy) is 3. The molecule has 2 aliphatic rings. The molecule has 0 bridgehead atoms. The number of fused-ring (bicyclic) bond motifs is 5. The van der Waals surface area contributed by atoms with E-state index in [2.05, 4.69) is 156 Å². The minimum atomic E-state index is 0.108. The number of imidazole rings is 4. The zero-order valence-corrected chi connectivity index (χ0v) is 53.4. The maximum atomic E-state index is 9.73. The number of hydrogen-bond donors (Lipinski definition) is 6. The quantitative estimate of drug-likeness (QED) is 0.0527. The fourth-order valence-corrected chi connectivity index (χ4v) is 11.1. The van der Waals surface area contributed by atoms with Crippen molar-refractivity contribution in [2.24, 2.45) is 0 Å². The van der Waals surface area contributed by atoms with Crippen molar-refractivity contribution in [3.8, 4) is 68.0 Å². The second-order valence-corrected chi connectivity index (χ2v) is 22.9. The predicted molar refractivity (Wildman–Crippen MR) is 375 cm³/mol. The fraction of sp³-hybridized carbons (Fsp3) is 0.205. The van der Waals surface area contributed by atoms with E-state index in [0.29, 0.717) is 17.5 Å². The fourth-order valence-electron chi connectivity index (χ4n) is 11.1. The Morgan fingerprint density at radius 1 is 0.505 bits per heavy atom. The standard InChI is InChI=1S/C26H23N5O.C16H16N4O2.C16H18N4.C15H16N4O2/c1-2-4-20-17-21(6-5-19(20)3-1)24-18-31-12-11-27-26(31)25(29-24)28-22-7-9-23(10-8-22)30-13-15-32-16-14-30;1-22-14-8-10(2-5-13(14)21)12-9-20-7-6-17-16(20)15(19-12)18-11-3-4-11;1-3-7-17-15-16-18-8-9-20(16)11-14(19-15)13-6-4-5-12(2)10-13;1-3-16-14-15-17-6-7-19(15)9-11(18-14)10-4-5-12(20)13(8-10)21-2/h1-12,17-18H,13-16H2,(H,28,29);2,5-9,11,21H,3-4H2,1H3,(H,18,19);4-6,8-11H,3,7H2,1-2H3,(H,17,19);4-9,20H,3H2,1-2H3,(H,16,18). The highest BCUT2D eigenvalue weighted by Crippen LogP contribution is 2.35. The normalized spacial score (nSPS) is 12.7. The first-order valence-electron chi connectivity index (χ1n) is 31.7. The van der Waals surface area contributed by atoms with Crippen LogP contribution < -0.4 is 35.6 Å². The number of phenolic OH excluding ortho intramolecular Hbond substituents is 2. The zero-order chi connectivity index (χ0) is 65.2. The molecular weight excluding hydrogens is 1190 g/mol. The number of phenols is 2. The maximum absolute atomic E-state index is 9.73. The molecule has 8 aromatic heterocycles. The molecule has 0 unspecified atom stereocenters. The largest absolute Gasteiger partial charge is 0.504 e. The molecule has 22 heteroatoms. The smallest absolute Gasteiger partial charge is 0.180 e. The Labute approximate surface area is 548 Å². The SMILES string of the molecule is CCCNc1nc(-c2cccc(C)c2)cn2ccnc12.CCNc1nc(-c2ccc(O)c(OC)c2)cn2ccnc12.COc1cc(-c2cn3ccnc3c(NC3CC3)n2)ccc1O.c1ccc2cc(-c3cn4ccnc4c(Nc4ccc(N5CCOCC5)cc4)n3)ccc2c1. The summed E-state index contributed by atoms with van der Waals surface area (Å²) in [6.45, 7) is 11.3. The van der Waals surface area contributed by atoms with Crippen molar-refractivity contribution < 1.29 is 24.4 Å². The van der Waals surface area contributed by atoms with E-state index in [4.69, 9.17) is 29.2 Å². The summed E-state index contributed by atoms with van der Waals surface area (Å²) in [5, 5.41) is 35.3. The van der Waals surface area contributed by atoms with Gasteiger partial charge in [0.2, 0.25) is 0 Å². The second-order valence-electron chi connectivity index (χ2n) is 22.9. The van der Waals surface area contributed by atoms with Crippen molar-refractivity contribution in [1.82, 2.24) is 57.5 Å². The van der Waals surface area contributed by atoms with Gasteiger partial charge in [-0.05, 0) is 117 Å². The van der Waals surface area contributed by atoms with E-state index in [1.165, 1.54) is 49.1 Å². The van der Waals surface area contributed by atoms with Crippen molar-refractivity contribution >= 4 is 68.0 Å². The summed E-state index contributed by atoms with van der Waals surface area (Å²) in [5.41, 5.74) is 14.1. The van der Waals surface area contributed by atoms with E-state index in [9.17, 15) is 10.2 Å².